The second kappa shape index (κ2) is 13.7. The van der Waals surface area contributed by atoms with Gasteiger partial charge in [-0.1, -0.05) is 81.5 Å². The van der Waals surface area contributed by atoms with Gasteiger partial charge in [-0.15, -0.1) is 6.58 Å². The maximum absolute atomic E-state index is 11.0. The Morgan fingerprint density at radius 2 is 1.59 bits per heavy atom. The first-order valence-electron chi connectivity index (χ1n) is 10.1. The van der Waals surface area contributed by atoms with Crippen molar-refractivity contribution in [2.24, 2.45) is 5.41 Å². The van der Waals surface area contributed by atoms with Crippen LogP contribution in [0.4, 0.5) is 4.39 Å². The first-order valence-corrected chi connectivity index (χ1v) is 10.1. The van der Waals surface area contributed by atoms with Crippen molar-refractivity contribution in [3.8, 4) is 11.1 Å². The van der Waals surface area contributed by atoms with Crippen molar-refractivity contribution >= 4 is 6.21 Å². The van der Waals surface area contributed by atoms with E-state index < -0.39 is 6.17 Å². The largest absolute Gasteiger partial charge is 0.308 e. The van der Waals surface area contributed by atoms with Gasteiger partial charge in [-0.2, -0.15) is 0 Å². The lowest BCUT2D eigenvalue weighted by Gasteiger charge is -2.19. The van der Waals surface area contributed by atoms with Crippen LogP contribution in [-0.4, -0.2) is 12.4 Å². The summed E-state index contributed by atoms with van der Waals surface area (Å²) >= 11 is 0. The topological polar surface area (TPSA) is 23.9 Å². The molecule has 0 spiro atoms. The van der Waals surface area contributed by atoms with Crippen LogP contribution in [0.2, 0.25) is 0 Å². The predicted octanol–water partition coefficient (Wildman–Crippen LogP) is 8.38. The number of halogens is 1. The number of hydrogen-bond acceptors (Lipinski definition) is 1. The molecule has 2 rings (SSSR count). The fraction of sp³-hybridized carbons (Fsp3) is 0.370. The number of allylic oxidation sites excluding steroid dienone is 3. The van der Waals surface area contributed by atoms with E-state index in [4.69, 9.17) is 5.41 Å². The molecule has 1 N–H and O–H groups in total. The number of benzene rings is 2. The molecule has 2 heteroatoms. The molecule has 29 heavy (non-hydrogen) atoms. The van der Waals surface area contributed by atoms with E-state index >= 15 is 0 Å². The molecule has 0 unspecified atom stereocenters. The van der Waals surface area contributed by atoms with Crippen LogP contribution in [0.1, 0.15) is 52.7 Å². The zero-order valence-corrected chi connectivity index (χ0v) is 19.2. The molecule has 0 saturated carbocycles. The highest BCUT2D eigenvalue weighted by Crippen LogP contribution is 2.26. The summed E-state index contributed by atoms with van der Waals surface area (Å²) in [6.45, 7) is 16.9. The molecule has 2 aromatic rings. The molecule has 158 valence electrons. The highest BCUT2D eigenvalue weighted by molar-refractivity contribution is 5.77. The minimum absolute atomic E-state index is 0.0205. The third kappa shape index (κ3) is 11.2. The molecule has 0 heterocycles. The average molecular weight is 396 g/mol. The summed E-state index contributed by atoms with van der Waals surface area (Å²) < 4.78 is 11.0. The van der Waals surface area contributed by atoms with Crippen molar-refractivity contribution in [3.63, 3.8) is 0 Å². The summed E-state index contributed by atoms with van der Waals surface area (Å²) in [5.41, 5.74) is 6.22. The minimum Gasteiger partial charge on any atom is -0.308 e. The van der Waals surface area contributed by atoms with Gasteiger partial charge in [0.25, 0.3) is 0 Å². The average Bonchev–Trinajstić information content (AvgIpc) is 2.63. The van der Waals surface area contributed by atoms with Crippen molar-refractivity contribution in [1.82, 2.24) is 0 Å². The van der Waals surface area contributed by atoms with E-state index in [1.165, 1.54) is 42.3 Å². The van der Waals surface area contributed by atoms with E-state index in [1.807, 2.05) is 13.0 Å². The van der Waals surface area contributed by atoms with Gasteiger partial charge in [-0.3, -0.25) is 0 Å². The number of aryl methyl sites for hydroxylation is 1. The van der Waals surface area contributed by atoms with Crippen molar-refractivity contribution < 1.29 is 4.39 Å². The second-order valence-electron chi connectivity index (χ2n) is 8.19. The molecule has 0 saturated heterocycles. The molecule has 0 aliphatic heterocycles. The SMILES string of the molecule is C=CC.CC(C)F.Cc1ccc(-c2ccccc2)cc1C/C=C(\C=N)C(C)(C)C. The van der Waals surface area contributed by atoms with Crippen molar-refractivity contribution in [3.05, 3.63) is 84.0 Å². The lowest BCUT2D eigenvalue weighted by atomic mass is 9.85. The zero-order valence-electron chi connectivity index (χ0n) is 19.2. The predicted molar refractivity (Wildman–Crippen MR) is 129 cm³/mol. The first kappa shape index (κ1) is 26.5. The van der Waals surface area contributed by atoms with Gasteiger partial charge in [-0.05, 0) is 67.4 Å². The molecule has 0 bridgehead atoms. The molecule has 0 aromatic heterocycles. The van der Waals surface area contributed by atoms with Crippen molar-refractivity contribution in [1.29, 1.82) is 5.41 Å². The van der Waals surface area contributed by atoms with E-state index in [1.54, 1.807) is 6.08 Å². The van der Waals surface area contributed by atoms with Crippen molar-refractivity contribution in [2.45, 2.75) is 61.1 Å². The Hall–Kier alpha value is -2.48. The molecule has 0 radical (unpaired) electrons. The van der Waals surface area contributed by atoms with Gasteiger partial charge in [0, 0.05) is 6.21 Å². The fourth-order valence-electron chi connectivity index (χ4n) is 2.50. The van der Waals surface area contributed by atoms with E-state index in [9.17, 15) is 4.39 Å². The van der Waals surface area contributed by atoms with Gasteiger partial charge in [0.15, 0.2) is 0 Å². The Morgan fingerprint density at radius 3 is 2.03 bits per heavy atom. The van der Waals surface area contributed by atoms with Crippen LogP contribution in [0.25, 0.3) is 11.1 Å². The molecular weight excluding hydrogens is 357 g/mol. The van der Waals surface area contributed by atoms with Gasteiger partial charge in [-0.25, -0.2) is 4.39 Å². The van der Waals surface area contributed by atoms with E-state index in [0.29, 0.717) is 0 Å². The molecule has 1 nitrogen and oxygen atoms in total. The second-order valence-corrected chi connectivity index (χ2v) is 8.19. The fourth-order valence-corrected chi connectivity index (χ4v) is 2.50. The van der Waals surface area contributed by atoms with Crippen LogP contribution < -0.4 is 0 Å². The van der Waals surface area contributed by atoms with Crippen LogP contribution in [0, 0.1) is 17.7 Å². The maximum atomic E-state index is 11.0. The Bertz CT molecular complexity index is 762. The minimum atomic E-state index is -0.667. The Morgan fingerprint density at radius 1 is 1.07 bits per heavy atom. The Kier molecular flexibility index (Phi) is 12.5. The third-order valence-electron chi connectivity index (χ3n) is 4.02. The molecule has 0 amide bonds. The van der Waals surface area contributed by atoms with Gasteiger partial charge in [0.1, 0.15) is 0 Å². The number of nitrogens with one attached hydrogen (secondary N) is 1. The lowest BCUT2D eigenvalue weighted by Crippen LogP contribution is -2.10. The van der Waals surface area contributed by atoms with Crippen LogP contribution in [0.3, 0.4) is 0 Å². The van der Waals surface area contributed by atoms with Crippen LogP contribution >= 0.6 is 0 Å². The normalized spacial score (nSPS) is 11.0. The highest BCUT2D eigenvalue weighted by Gasteiger charge is 2.14. The quantitative estimate of drug-likeness (QED) is 0.397. The summed E-state index contributed by atoms with van der Waals surface area (Å²) in [7, 11) is 0. The summed E-state index contributed by atoms with van der Waals surface area (Å²) in [5, 5.41) is 7.62. The smallest absolute Gasteiger partial charge is 0.0945 e. The summed E-state index contributed by atoms with van der Waals surface area (Å²) in [6, 6.07) is 17.1. The molecule has 0 aliphatic carbocycles. The number of rotatable bonds is 4. The lowest BCUT2D eigenvalue weighted by molar-refractivity contribution is 0.391. The summed E-state index contributed by atoms with van der Waals surface area (Å²) in [6.07, 6.45) is 5.62. The Balaban J connectivity index is 0.000000975. The molecular formula is C27H38FN. The van der Waals surface area contributed by atoms with Gasteiger partial charge < -0.3 is 5.41 Å². The van der Waals surface area contributed by atoms with Crippen LogP contribution in [0.15, 0.2) is 72.8 Å². The summed E-state index contributed by atoms with van der Waals surface area (Å²) in [5.74, 6) is 0. The van der Waals surface area contributed by atoms with Crippen LogP contribution in [-0.2, 0) is 6.42 Å². The molecule has 0 atom stereocenters. The first-order chi connectivity index (χ1) is 13.6. The molecule has 0 aliphatic rings. The number of hydrogen-bond donors (Lipinski definition) is 1. The van der Waals surface area contributed by atoms with Gasteiger partial charge >= 0.3 is 0 Å². The standard InChI is InChI=1S/C21H25N.C3H7F.C3H6/c1-16-10-11-19(17-8-6-5-7-9-17)14-18(16)12-13-20(15-22)21(2,3)4;1-3(2)4;1-3-2/h5-11,13-15,22H,12H2,1-4H3;3H,1-2H3;3H,1H2,2H3/b20-13+,22-15?;;. The monoisotopic (exact) mass is 395 g/mol. The van der Waals surface area contributed by atoms with E-state index in [0.717, 1.165) is 12.0 Å². The van der Waals surface area contributed by atoms with E-state index in [-0.39, 0.29) is 5.41 Å². The molecule has 0 fully saturated rings. The van der Waals surface area contributed by atoms with Crippen LogP contribution in [0.5, 0.6) is 0 Å². The summed E-state index contributed by atoms with van der Waals surface area (Å²) in [4.78, 5) is 0. The van der Waals surface area contributed by atoms with Gasteiger partial charge in [0.2, 0.25) is 0 Å². The Labute approximate surface area is 177 Å². The zero-order chi connectivity index (χ0) is 22.4. The van der Waals surface area contributed by atoms with Crippen molar-refractivity contribution in [2.75, 3.05) is 0 Å². The number of alkyl halides is 1. The van der Waals surface area contributed by atoms with Gasteiger partial charge in [0.05, 0.1) is 6.17 Å². The van der Waals surface area contributed by atoms with E-state index in [2.05, 4.69) is 82.8 Å². The maximum Gasteiger partial charge on any atom is 0.0945 e. The molecule has 2 aromatic carbocycles. The highest BCUT2D eigenvalue weighted by atomic mass is 19.1. The third-order valence-corrected chi connectivity index (χ3v) is 4.02.